The van der Waals surface area contributed by atoms with Gasteiger partial charge in [0.2, 0.25) is 4.77 Å². The van der Waals surface area contributed by atoms with Crippen molar-refractivity contribution in [3.05, 3.63) is 82.4 Å². The second kappa shape index (κ2) is 9.65. The summed E-state index contributed by atoms with van der Waals surface area (Å²) in [6.45, 7) is 4.38. The molecule has 3 aromatic carbocycles. The third-order valence-electron chi connectivity index (χ3n) is 5.16. The lowest BCUT2D eigenvalue weighted by atomic mass is 10.0. The van der Waals surface area contributed by atoms with Gasteiger partial charge in [-0.1, -0.05) is 55.0 Å². The van der Waals surface area contributed by atoms with E-state index < -0.39 is 0 Å². The molecule has 0 aliphatic carbocycles. The molecule has 0 bridgehead atoms. The van der Waals surface area contributed by atoms with Gasteiger partial charge in [-0.25, -0.2) is 4.68 Å². The largest absolute Gasteiger partial charge is 0.483 e. The average molecular weight is 448 g/mol. The number of benzene rings is 3. The zero-order valence-electron chi connectivity index (χ0n) is 18.0. The number of nitrogens with one attached hydrogen (secondary N) is 3. The minimum absolute atomic E-state index is 0.0927. The molecule has 4 aromatic rings. The molecular weight excluding hydrogens is 422 g/mol. The summed E-state index contributed by atoms with van der Waals surface area (Å²) >= 11 is 5.34. The number of amides is 1. The lowest BCUT2D eigenvalue weighted by Crippen LogP contribution is -2.21. The summed E-state index contributed by atoms with van der Waals surface area (Å²) in [5, 5.41) is 12.0. The van der Waals surface area contributed by atoms with E-state index in [0.717, 1.165) is 39.8 Å². The maximum Gasteiger partial charge on any atom is 0.262 e. The van der Waals surface area contributed by atoms with Gasteiger partial charge in [0.05, 0.1) is 6.54 Å². The van der Waals surface area contributed by atoms with Crippen molar-refractivity contribution in [2.75, 3.05) is 17.3 Å². The van der Waals surface area contributed by atoms with Crippen LogP contribution in [-0.2, 0) is 17.8 Å². The lowest BCUT2D eigenvalue weighted by molar-refractivity contribution is -0.118. The summed E-state index contributed by atoms with van der Waals surface area (Å²) in [5.74, 6) is 1.24. The zero-order valence-corrected chi connectivity index (χ0v) is 18.8. The maximum atomic E-state index is 12.4. The standard InChI is InChI=1S/C24H25N5O2S/c1-3-22-27-28-24(32)29(22)25-14-20-19-7-5-4-6-17(19)10-13-21(20)31-15-23(30)26-18-11-8-16(2)9-12-18/h4-13,25H,3,14-15H2,1-2H3,(H,26,30)(H,28,32). The van der Waals surface area contributed by atoms with Gasteiger partial charge in [0, 0.05) is 17.7 Å². The van der Waals surface area contributed by atoms with Crippen molar-refractivity contribution in [3.8, 4) is 5.75 Å². The molecule has 0 aliphatic rings. The van der Waals surface area contributed by atoms with Crippen molar-refractivity contribution in [2.45, 2.75) is 26.8 Å². The van der Waals surface area contributed by atoms with Crippen LogP contribution in [0.2, 0.25) is 0 Å². The second-order valence-electron chi connectivity index (χ2n) is 7.44. The van der Waals surface area contributed by atoms with Crippen molar-refractivity contribution < 1.29 is 9.53 Å². The predicted molar refractivity (Wildman–Crippen MR) is 129 cm³/mol. The van der Waals surface area contributed by atoms with Crippen molar-refractivity contribution in [3.63, 3.8) is 0 Å². The molecule has 1 aromatic heterocycles. The van der Waals surface area contributed by atoms with Gasteiger partial charge in [-0.2, -0.15) is 5.10 Å². The van der Waals surface area contributed by atoms with Crippen LogP contribution < -0.4 is 15.5 Å². The number of H-pyrrole nitrogens is 1. The molecule has 7 nitrogen and oxygen atoms in total. The first-order valence-corrected chi connectivity index (χ1v) is 10.9. The number of hydrogen-bond acceptors (Lipinski definition) is 5. The van der Waals surface area contributed by atoms with E-state index in [9.17, 15) is 4.79 Å². The first-order chi connectivity index (χ1) is 15.5. The van der Waals surface area contributed by atoms with Crippen molar-refractivity contribution in [1.82, 2.24) is 14.9 Å². The van der Waals surface area contributed by atoms with Gasteiger partial charge in [0.15, 0.2) is 12.4 Å². The smallest absolute Gasteiger partial charge is 0.262 e. The molecule has 0 fully saturated rings. The molecule has 0 spiro atoms. The van der Waals surface area contributed by atoms with E-state index in [2.05, 4.69) is 20.9 Å². The van der Waals surface area contributed by atoms with Gasteiger partial charge < -0.3 is 15.5 Å². The number of rotatable bonds is 8. The summed E-state index contributed by atoms with van der Waals surface area (Å²) < 4.78 is 8.22. The minimum atomic E-state index is -0.216. The Morgan fingerprint density at radius 2 is 1.91 bits per heavy atom. The number of hydrogen-bond donors (Lipinski definition) is 3. The number of aromatic amines is 1. The summed E-state index contributed by atoms with van der Waals surface area (Å²) in [6, 6.07) is 19.6. The van der Waals surface area contributed by atoms with Gasteiger partial charge in [0.25, 0.3) is 5.91 Å². The molecule has 0 unspecified atom stereocenters. The number of nitrogens with zero attached hydrogens (tertiary/aromatic N) is 2. The number of fused-ring (bicyclic) bond motifs is 1. The molecule has 164 valence electrons. The fourth-order valence-electron chi connectivity index (χ4n) is 3.50. The number of carbonyl (C=O) groups excluding carboxylic acids is 1. The van der Waals surface area contributed by atoms with Crippen LogP contribution in [0.15, 0.2) is 60.7 Å². The molecule has 8 heteroatoms. The Morgan fingerprint density at radius 1 is 1.12 bits per heavy atom. The Bertz CT molecular complexity index is 1290. The minimum Gasteiger partial charge on any atom is -0.483 e. The maximum absolute atomic E-state index is 12.4. The molecule has 1 amide bonds. The fourth-order valence-corrected chi connectivity index (χ4v) is 3.71. The fraction of sp³-hybridized carbons (Fsp3) is 0.208. The van der Waals surface area contributed by atoms with Crippen molar-refractivity contribution >= 4 is 34.6 Å². The third-order valence-corrected chi connectivity index (χ3v) is 5.44. The Kier molecular flexibility index (Phi) is 6.51. The summed E-state index contributed by atoms with van der Waals surface area (Å²) in [5.41, 5.74) is 6.15. The average Bonchev–Trinajstić information content (AvgIpc) is 3.17. The molecule has 0 atom stereocenters. The van der Waals surface area contributed by atoms with E-state index >= 15 is 0 Å². The van der Waals surface area contributed by atoms with E-state index in [0.29, 0.717) is 17.1 Å². The van der Waals surface area contributed by atoms with Crippen LogP contribution in [-0.4, -0.2) is 27.4 Å². The van der Waals surface area contributed by atoms with Crippen LogP contribution in [0.5, 0.6) is 5.75 Å². The number of aryl methyl sites for hydroxylation is 2. The highest BCUT2D eigenvalue weighted by Gasteiger charge is 2.12. The molecule has 0 radical (unpaired) electrons. The van der Waals surface area contributed by atoms with Crippen LogP contribution >= 0.6 is 12.2 Å². The van der Waals surface area contributed by atoms with E-state index in [4.69, 9.17) is 17.0 Å². The van der Waals surface area contributed by atoms with Gasteiger partial charge in [-0.05, 0) is 48.1 Å². The van der Waals surface area contributed by atoms with E-state index in [1.807, 2.05) is 74.5 Å². The van der Waals surface area contributed by atoms with Crippen LogP contribution in [0.1, 0.15) is 23.9 Å². The normalized spacial score (nSPS) is 10.8. The molecule has 0 saturated heterocycles. The van der Waals surface area contributed by atoms with E-state index in [1.54, 1.807) is 4.68 Å². The number of carbonyl (C=O) groups is 1. The van der Waals surface area contributed by atoms with Gasteiger partial charge in [-0.15, -0.1) is 0 Å². The number of aromatic nitrogens is 3. The Morgan fingerprint density at radius 3 is 2.69 bits per heavy atom. The van der Waals surface area contributed by atoms with Crippen LogP contribution in [0.4, 0.5) is 5.69 Å². The molecule has 1 heterocycles. The van der Waals surface area contributed by atoms with Gasteiger partial charge in [-0.3, -0.25) is 9.89 Å². The molecule has 32 heavy (non-hydrogen) atoms. The topological polar surface area (TPSA) is 84.0 Å². The third kappa shape index (κ3) is 4.81. The van der Waals surface area contributed by atoms with E-state index in [1.165, 1.54) is 0 Å². The van der Waals surface area contributed by atoms with E-state index in [-0.39, 0.29) is 12.5 Å². The van der Waals surface area contributed by atoms with Crippen molar-refractivity contribution in [2.24, 2.45) is 0 Å². The highest BCUT2D eigenvalue weighted by atomic mass is 32.1. The second-order valence-corrected chi connectivity index (χ2v) is 7.82. The summed E-state index contributed by atoms with van der Waals surface area (Å²) in [7, 11) is 0. The van der Waals surface area contributed by atoms with Crippen LogP contribution in [0.25, 0.3) is 10.8 Å². The quantitative estimate of drug-likeness (QED) is 0.340. The van der Waals surface area contributed by atoms with Crippen LogP contribution in [0.3, 0.4) is 0 Å². The monoisotopic (exact) mass is 447 g/mol. The highest BCUT2D eigenvalue weighted by molar-refractivity contribution is 7.71. The Balaban J connectivity index is 1.54. The molecule has 3 N–H and O–H groups in total. The Hall–Kier alpha value is -3.65. The first kappa shape index (κ1) is 21.6. The highest BCUT2D eigenvalue weighted by Crippen LogP contribution is 2.28. The SMILES string of the molecule is CCc1n[nH]c(=S)n1NCc1c(OCC(=O)Nc2ccc(C)cc2)ccc2ccccc12. The van der Waals surface area contributed by atoms with Gasteiger partial charge in [0.1, 0.15) is 5.75 Å². The summed E-state index contributed by atoms with van der Waals surface area (Å²) in [6.07, 6.45) is 0.734. The molecule has 0 saturated carbocycles. The van der Waals surface area contributed by atoms with Crippen LogP contribution in [0, 0.1) is 11.7 Å². The summed E-state index contributed by atoms with van der Waals surface area (Å²) in [4.78, 5) is 12.4. The van der Waals surface area contributed by atoms with Crippen molar-refractivity contribution in [1.29, 1.82) is 0 Å². The van der Waals surface area contributed by atoms with Gasteiger partial charge >= 0.3 is 0 Å². The zero-order chi connectivity index (χ0) is 22.5. The molecular formula is C24H25N5O2S. The first-order valence-electron chi connectivity index (χ1n) is 10.4. The number of anilines is 1. The molecule has 0 aliphatic heterocycles. The number of ether oxygens (including phenoxy) is 1. The lowest BCUT2D eigenvalue weighted by Gasteiger charge is -2.16. The Labute approximate surface area is 191 Å². The molecule has 4 rings (SSSR count). The predicted octanol–water partition coefficient (Wildman–Crippen LogP) is 4.73.